The van der Waals surface area contributed by atoms with Crippen molar-refractivity contribution >= 4 is 34.1 Å². The van der Waals surface area contributed by atoms with Crippen LogP contribution in [-0.2, 0) is 23.9 Å². The summed E-state index contributed by atoms with van der Waals surface area (Å²) in [5, 5.41) is 18.1. The molecule has 4 atom stereocenters. The number of carbonyl (C=O) groups excluding carboxylic acids is 1. The molecule has 1 fully saturated rings. The first-order chi connectivity index (χ1) is 19.0. The second-order valence-electron chi connectivity index (χ2n) is 15.5. The molecular formula is C30H51N5O5Si2. The number of ether oxygens (including phenoxy) is 2. The molecule has 1 amide bonds. The van der Waals surface area contributed by atoms with Crippen LogP contribution in [0.25, 0.3) is 5.52 Å². The maximum atomic E-state index is 12.6. The fraction of sp³-hybridized carbons (Fsp3) is 0.733. The minimum Gasteiger partial charge on any atom is -0.444 e. The van der Waals surface area contributed by atoms with Gasteiger partial charge in [-0.25, -0.2) is 14.3 Å². The van der Waals surface area contributed by atoms with E-state index in [9.17, 15) is 10.1 Å². The molecule has 1 aliphatic heterocycles. The molecule has 12 heteroatoms. The van der Waals surface area contributed by atoms with E-state index in [0.29, 0.717) is 17.8 Å². The molecule has 0 aliphatic carbocycles. The first-order valence-corrected chi connectivity index (χ1v) is 20.5. The van der Waals surface area contributed by atoms with Crippen molar-refractivity contribution in [1.29, 1.82) is 5.26 Å². The quantitative estimate of drug-likeness (QED) is 0.323. The number of nitriles is 1. The van der Waals surface area contributed by atoms with Gasteiger partial charge in [-0.2, -0.15) is 10.4 Å². The molecule has 234 valence electrons. The van der Waals surface area contributed by atoms with Gasteiger partial charge in [0.1, 0.15) is 23.5 Å². The van der Waals surface area contributed by atoms with E-state index in [2.05, 4.69) is 96.1 Å². The Labute approximate surface area is 253 Å². The predicted molar refractivity (Wildman–Crippen MR) is 169 cm³/mol. The van der Waals surface area contributed by atoms with Gasteiger partial charge in [0.15, 0.2) is 22.5 Å². The molecule has 1 saturated heterocycles. The van der Waals surface area contributed by atoms with Crippen LogP contribution in [0.5, 0.6) is 0 Å². The lowest BCUT2D eigenvalue weighted by Gasteiger charge is -2.42. The molecule has 42 heavy (non-hydrogen) atoms. The monoisotopic (exact) mass is 617 g/mol. The Kier molecular flexibility index (Phi) is 9.21. The summed E-state index contributed by atoms with van der Waals surface area (Å²) < 4.78 is 27.4. The SMILES string of the molecule is C[C@H]1[C@@H](O[Si](C)(C)C(C)(C)C)[C@](C#N)(c2ccc3c(NC(=O)OC(C)(C)C)ncnn23)O[C@@H]1CO[Si](C)(C)C(C)(C)C. The number of hydrogen-bond acceptors (Lipinski definition) is 8. The largest absolute Gasteiger partial charge is 0.444 e. The topological polar surface area (TPSA) is 120 Å². The highest BCUT2D eigenvalue weighted by Crippen LogP contribution is 2.49. The van der Waals surface area contributed by atoms with Crippen molar-refractivity contribution in [2.75, 3.05) is 11.9 Å². The number of hydrogen-bond donors (Lipinski definition) is 1. The Hall–Kier alpha value is -2.31. The summed E-state index contributed by atoms with van der Waals surface area (Å²) in [5.74, 6) is 0.125. The molecule has 0 spiro atoms. The first kappa shape index (κ1) is 34.2. The van der Waals surface area contributed by atoms with Crippen LogP contribution in [-0.4, -0.2) is 61.7 Å². The third-order valence-electron chi connectivity index (χ3n) is 9.06. The van der Waals surface area contributed by atoms with Gasteiger partial charge in [-0.15, -0.1) is 0 Å². The van der Waals surface area contributed by atoms with Crippen LogP contribution in [0.4, 0.5) is 10.6 Å². The molecule has 1 aliphatic rings. The predicted octanol–water partition coefficient (Wildman–Crippen LogP) is 7.24. The average Bonchev–Trinajstić information content (AvgIpc) is 3.36. The second-order valence-corrected chi connectivity index (χ2v) is 25.0. The minimum atomic E-state index is -2.35. The number of fused-ring (bicyclic) bond motifs is 1. The van der Waals surface area contributed by atoms with Crippen molar-refractivity contribution in [2.24, 2.45) is 5.92 Å². The molecule has 2 aromatic rings. The minimum absolute atomic E-state index is 0.0321. The zero-order valence-electron chi connectivity index (χ0n) is 28.0. The third-order valence-corrected chi connectivity index (χ3v) is 18.0. The molecule has 1 N–H and O–H groups in total. The maximum Gasteiger partial charge on any atom is 0.413 e. The van der Waals surface area contributed by atoms with Crippen molar-refractivity contribution in [3.05, 3.63) is 24.2 Å². The van der Waals surface area contributed by atoms with Crippen LogP contribution >= 0.6 is 0 Å². The van der Waals surface area contributed by atoms with E-state index < -0.39 is 40.0 Å². The average molecular weight is 618 g/mol. The van der Waals surface area contributed by atoms with Crippen molar-refractivity contribution in [3.8, 4) is 6.07 Å². The van der Waals surface area contributed by atoms with Crippen LogP contribution in [0.15, 0.2) is 18.5 Å². The molecule has 0 bridgehead atoms. The number of nitrogens with zero attached hydrogens (tertiary/aromatic N) is 4. The first-order valence-electron chi connectivity index (χ1n) is 14.7. The van der Waals surface area contributed by atoms with E-state index in [1.807, 2.05) is 0 Å². The lowest BCUT2D eigenvalue weighted by molar-refractivity contribution is -0.0590. The summed E-state index contributed by atoms with van der Waals surface area (Å²) in [5.41, 5.74) is -1.12. The van der Waals surface area contributed by atoms with E-state index in [-0.39, 0.29) is 27.9 Å². The number of nitrogens with one attached hydrogen (secondary N) is 1. The molecule has 2 aromatic heterocycles. The van der Waals surface area contributed by atoms with Gasteiger partial charge in [-0.1, -0.05) is 48.5 Å². The van der Waals surface area contributed by atoms with Crippen LogP contribution in [0.2, 0.25) is 36.3 Å². The van der Waals surface area contributed by atoms with Crippen molar-refractivity contribution in [3.63, 3.8) is 0 Å². The number of aromatic nitrogens is 3. The van der Waals surface area contributed by atoms with Crippen LogP contribution < -0.4 is 5.32 Å². The van der Waals surface area contributed by atoms with E-state index in [1.165, 1.54) is 6.33 Å². The summed E-state index contributed by atoms with van der Waals surface area (Å²) in [4.78, 5) is 16.8. The van der Waals surface area contributed by atoms with Gasteiger partial charge < -0.3 is 18.3 Å². The number of rotatable bonds is 7. The molecule has 10 nitrogen and oxygen atoms in total. The van der Waals surface area contributed by atoms with Gasteiger partial charge in [0.05, 0.1) is 24.5 Å². The summed E-state index contributed by atoms with van der Waals surface area (Å²) in [6, 6.07) is 6.09. The van der Waals surface area contributed by atoms with E-state index in [4.69, 9.17) is 18.3 Å². The Morgan fingerprint density at radius 3 is 2.19 bits per heavy atom. The molecular weight excluding hydrogens is 567 g/mol. The van der Waals surface area contributed by atoms with E-state index in [0.717, 1.165) is 0 Å². The van der Waals surface area contributed by atoms with Gasteiger partial charge in [-0.05, 0) is 69.2 Å². The summed E-state index contributed by atoms with van der Waals surface area (Å²) in [7, 11) is -4.43. The molecule has 3 rings (SSSR count). The smallest absolute Gasteiger partial charge is 0.413 e. The van der Waals surface area contributed by atoms with Gasteiger partial charge in [-0.3, -0.25) is 5.32 Å². The van der Waals surface area contributed by atoms with Crippen LogP contribution in [0, 0.1) is 17.2 Å². The van der Waals surface area contributed by atoms with E-state index >= 15 is 0 Å². The zero-order chi connectivity index (χ0) is 32.1. The fourth-order valence-corrected chi connectivity index (χ4v) is 6.80. The van der Waals surface area contributed by atoms with Crippen LogP contribution in [0.1, 0.15) is 74.9 Å². The van der Waals surface area contributed by atoms with Gasteiger partial charge in [0.25, 0.3) is 0 Å². The molecule has 3 heterocycles. The highest BCUT2D eigenvalue weighted by Gasteiger charge is 2.60. The molecule has 0 radical (unpaired) electrons. The molecule has 0 saturated carbocycles. The van der Waals surface area contributed by atoms with E-state index in [1.54, 1.807) is 37.4 Å². The zero-order valence-corrected chi connectivity index (χ0v) is 30.0. The molecule has 0 unspecified atom stereocenters. The van der Waals surface area contributed by atoms with Crippen molar-refractivity contribution in [1.82, 2.24) is 14.6 Å². The summed E-state index contributed by atoms with van der Waals surface area (Å²) >= 11 is 0. The number of amides is 1. The Bertz CT molecular complexity index is 1330. The summed E-state index contributed by atoms with van der Waals surface area (Å²) in [6.45, 7) is 29.8. The third kappa shape index (κ3) is 6.75. The second kappa shape index (κ2) is 11.3. The van der Waals surface area contributed by atoms with Gasteiger partial charge in [0, 0.05) is 5.92 Å². The fourth-order valence-electron chi connectivity index (χ4n) is 4.42. The van der Waals surface area contributed by atoms with Gasteiger partial charge >= 0.3 is 6.09 Å². The number of carbonyl (C=O) groups is 1. The lowest BCUT2D eigenvalue weighted by atomic mass is 9.88. The Morgan fingerprint density at radius 2 is 1.67 bits per heavy atom. The summed E-state index contributed by atoms with van der Waals surface area (Å²) in [6.07, 6.45) is -0.241. The van der Waals surface area contributed by atoms with Crippen molar-refractivity contribution in [2.45, 2.75) is 129 Å². The van der Waals surface area contributed by atoms with Crippen LogP contribution in [0.3, 0.4) is 0 Å². The number of anilines is 1. The van der Waals surface area contributed by atoms with Gasteiger partial charge in [0.2, 0.25) is 5.60 Å². The normalized spacial score (nSPS) is 24.1. The Balaban J connectivity index is 2.10. The molecule has 0 aromatic carbocycles. The highest BCUT2D eigenvalue weighted by atomic mass is 28.4. The standard InChI is InChI=1S/C30H51N5O5Si2/c1-20-22(17-37-41(11,12)28(5,6)7)38-30(18-31,24(20)40-42(13,14)29(8,9)10)23-16-15-21-25(32-19-33-35(21)23)34-26(36)39-27(2,3)4/h15-16,19-20,22,24H,17H2,1-14H3,(H,32,33,34,36)/t20-,22-,24-,30+/m1/s1. The maximum absolute atomic E-state index is 12.6. The highest BCUT2D eigenvalue weighted by molar-refractivity contribution is 6.74. The van der Waals surface area contributed by atoms with Crippen molar-refractivity contribution < 1.29 is 23.1 Å². The Morgan fingerprint density at radius 1 is 1.07 bits per heavy atom. The lowest BCUT2D eigenvalue weighted by Crippen LogP contribution is -2.51.